The Kier molecular flexibility index (Phi) is 3.26. The summed E-state index contributed by atoms with van der Waals surface area (Å²) in [5.74, 6) is 1.16. The third kappa shape index (κ3) is 1.78. The third-order valence-corrected chi connectivity index (χ3v) is 4.15. The molecule has 0 fully saturated rings. The highest BCUT2D eigenvalue weighted by molar-refractivity contribution is 7.88. The number of carbonyl (C=O) groups excluding carboxylic acids is 1. The van der Waals surface area contributed by atoms with Crippen LogP contribution in [-0.4, -0.2) is 12.8 Å². The SMILES string of the molecule is C=CP(=O)(C(=O)OC)c1ccccc1. The highest BCUT2D eigenvalue weighted by Crippen LogP contribution is 2.47. The lowest BCUT2D eigenvalue weighted by atomic mass is 10.4. The Morgan fingerprint density at radius 1 is 1.43 bits per heavy atom. The molecular weight excluding hydrogens is 199 g/mol. The molecule has 14 heavy (non-hydrogen) atoms. The highest BCUT2D eigenvalue weighted by Gasteiger charge is 2.31. The summed E-state index contributed by atoms with van der Waals surface area (Å²) >= 11 is 0. The second-order valence-electron chi connectivity index (χ2n) is 2.65. The lowest BCUT2D eigenvalue weighted by Gasteiger charge is -2.10. The summed E-state index contributed by atoms with van der Waals surface area (Å²) in [6.45, 7) is 3.41. The van der Waals surface area contributed by atoms with Gasteiger partial charge in [0.05, 0.1) is 7.11 Å². The van der Waals surface area contributed by atoms with Crippen molar-refractivity contribution < 1.29 is 14.1 Å². The van der Waals surface area contributed by atoms with Gasteiger partial charge in [-0.05, 0) is 5.82 Å². The zero-order chi connectivity index (χ0) is 10.6. The van der Waals surface area contributed by atoms with E-state index in [1.165, 1.54) is 7.11 Å². The zero-order valence-electron chi connectivity index (χ0n) is 7.84. The van der Waals surface area contributed by atoms with Crippen molar-refractivity contribution in [3.05, 3.63) is 42.7 Å². The Labute approximate surface area is 82.8 Å². The molecule has 1 aromatic rings. The van der Waals surface area contributed by atoms with Crippen molar-refractivity contribution >= 4 is 18.2 Å². The fourth-order valence-corrected chi connectivity index (χ4v) is 2.53. The largest absolute Gasteiger partial charge is 0.463 e. The molecule has 3 nitrogen and oxygen atoms in total. The van der Waals surface area contributed by atoms with Crippen molar-refractivity contribution in [1.29, 1.82) is 0 Å². The zero-order valence-corrected chi connectivity index (χ0v) is 8.74. The van der Waals surface area contributed by atoms with E-state index in [1.54, 1.807) is 30.3 Å². The summed E-state index contributed by atoms with van der Waals surface area (Å²) in [6, 6.07) is 8.47. The lowest BCUT2D eigenvalue weighted by molar-refractivity contribution is 0.197. The van der Waals surface area contributed by atoms with Gasteiger partial charge in [0.2, 0.25) is 7.14 Å². The first-order valence-corrected chi connectivity index (χ1v) is 5.80. The van der Waals surface area contributed by atoms with E-state index in [0.717, 1.165) is 5.82 Å². The predicted octanol–water partition coefficient (Wildman–Crippen LogP) is 2.58. The molecule has 0 radical (unpaired) electrons. The molecule has 0 saturated carbocycles. The van der Waals surface area contributed by atoms with Gasteiger partial charge in [0, 0.05) is 5.30 Å². The van der Waals surface area contributed by atoms with Crippen LogP contribution in [0.3, 0.4) is 0 Å². The van der Waals surface area contributed by atoms with Crippen LogP contribution < -0.4 is 5.30 Å². The maximum atomic E-state index is 12.1. The smallest absolute Gasteiger partial charge is 0.372 e. The average Bonchev–Trinajstić information content (AvgIpc) is 2.28. The molecule has 0 aliphatic carbocycles. The van der Waals surface area contributed by atoms with Crippen LogP contribution in [0.2, 0.25) is 0 Å². The van der Waals surface area contributed by atoms with Gasteiger partial charge in [-0.1, -0.05) is 36.9 Å². The molecule has 0 spiro atoms. The Hall–Kier alpha value is -1.34. The summed E-state index contributed by atoms with van der Waals surface area (Å²) < 4.78 is 16.6. The Morgan fingerprint density at radius 2 is 2.00 bits per heavy atom. The molecule has 0 amide bonds. The molecule has 1 unspecified atom stereocenters. The van der Waals surface area contributed by atoms with Crippen molar-refractivity contribution in [2.24, 2.45) is 0 Å². The third-order valence-electron chi connectivity index (χ3n) is 1.84. The van der Waals surface area contributed by atoms with Gasteiger partial charge >= 0.3 is 5.71 Å². The van der Waals surface area contributed by atoms with Crippen molar-refractivity contribution in [3.8, 4) is 0 Å². The molecular formula is C10H11O3P. The van der Waals surface area contributed by atoms with E-state index in [9.17, 15) is 9.36 Å². The number of methoxy groups -OCH3 is 1. The van der Waals surface area contributed by atoms with Gasteiger partial charge in [-0.3, -0.25) is 0 Å². The maximum Gasteiger partial charge on any atom is 0.372 e. The second-order valence-corrected chi connectivity index (χ2v) is 5.21. The maximum absolute atomic E-state index is 12.1. The Morgan fingerprint density at radius 3 is 2.43 bits per heavy atom. The molecule has 0 heterocycles. The number of rotatable bonds is 3. The van der Waals surface area contributed by atoms with Crippen LogP contribution in [0.4, 0.5) is 4.79 Å². The molecule has 0 aromatic heterocycles. The van der Waals surface area contributed by atoms with Gasteiger partial charge in [0.15, 0.2) is 0 Å². The van der Waals surface area contributed by atoms with Crippen LogP contribution in [0, 0.1) is 0 Å². The monoisotopic (exact) mass is 210 g/mol. The van der Waals surface area contributed by atoms with Gasteiger partial charge < -0.3 is 9.30 Å². The predicted molar refractivity (Wildman–Crippen MR) is 56.3 cm³/mol. The molecule has 1 atom stereocenters. The topological polar surface area (TPSA) is 43.4 Å². The Bertz CT molecular complexity index is 384. The van der Waals surface area contributed by atoms with Gasteiger partial charge in [0.1, 0.15) is 0 Å². The van der Waals surface area contributed by atoms with Gasteiger partial charge in [-0.2, -0.15) is 0 Å². The molecule has 0 bridgehead atoms. The minimum absolute atomic E-state index is 0.446. The summed E-state index contributed by atoms with van der Waals surface area (Å²) in [6.07, 6.45) is 0. The quantitative estimate of drug-likeness (QED) is 0.720. The lowest BCUT2D eigenvalue weighted by Crippen LogP contribution is -2.10. The van der Waals surface area contributed by atoms with Crippen LogP contribution in [0.5, 0.6) is 0 Å². The normalized spacial score (nSPS) is 14.1. The number of benzene rings is 1. The van der Waals surface area contributed by atoms with E-state index < -0.39 is 12.9 Å². The van der Waals surface area contributed by atoms with Crippen molar-refractivity contribution in [2.45, 2.75) is 0 Å². The minimum Gasteiger partial charge on any atom is -0.463 e. The minimum atomic E-state index is -3.24. The van der Waals surface area contributed by atoms with Crippen LogP contribution >= 0.6 is 7.14 Å². The number of hydrogen-bond donors (Lipinski definition) is 0. The Balaban J connectivity index is 3.22. The molecule has 0 aliphatic heterocycles. The summed E-state index contributed by atoms with van der Waals surface area (Å²) in [4.78, 5) is 11.3. The van der Waals surface area contributed by atoms with Gasteiger partial charge in [-0.25, -0.2) is 4.79 Å². The molecule has 74 valence electrons. The van der Waals surface area contributed by atoms with Crippen molar-refractivity contribution in [1.82, 2.24) is 0 Å². The molecule has 4 heteroatoms. The first-order chi connectivity index (χ1) is 6.65. The number of ether oxygens (including phenoxy) is 1. The first kappa shape index (κ1) is 10.7. The second kappa shape index (κ2) is 4.25. The van der Waals surface area contributed by atoms with Crippen LogP contribution in [0.15, 0.2) is 42.7 Å². The standard InChI is InChI=1S/C10H11O3P/c1-3-14(12,10(11)13-2)9-7-5-4-6-8-9/h3-8H,1H2,2H3. The first-order valence-electron chi connectivity index (χ1n) is 4.02. The van der Waals surface area contributed by atoms with Gasteiger partial charge in [0.25, 0.3) is 0 Å². The van der Waals surface area contributed by atoms with E-state index in [1.807, 2.05) is 0 Å². The molecule has 1 rings (SSSR count). The summed E-state index contributed by atoms with van der Waals surface area (Å²) in [7, 11) is -2.03. The van der Waals surface area contributed by atoms with E-state index in [2.05, 4.69) is 11.3 Å². The van der Waals surface area contributed by atoms with Crippen LogP contribution in [0.25, 0.3) is 0 Å². The van der Waals surface area contributed by atoms with Crippen molar-refractivity contribution in [3.63, 3.8) is 0 Å². The van der Waals surface area contributed by atoms with Crippen LogP contribution in [-0.2, 0) is 9.30 Å². The summed E-state index contributed by atoms with van der Waals surface area (Å²) in [5, 5.41) is 0.446. The molecule has 0 N–H and O–H groups in total. The number of hydrogen-bond acceptors (Lipinski definition) is 3. The molecule has 0 saturated heterocycles. The van der Waals surface area contributed by atoms with Crippen molar-refractivity contribution in [2.75, 3.05) is 7.11 Å². The number of carbonyl (C=O) groups is 1. The highest BCUT2D eigenvalue weighted by atomic mass is 31.2. The van der Waals surface area contributed by atoms with E-state index in [0.29, 0.717) is 5.30 Å². The van der Waals surface area contributed by atoms with E-state index in [-0.39, 0.29) is 0 Å². The van der Waals surface area contributed by atoms with E-state index in [4.69, 9.17) is 0 Å². The molecule has 1 aromatic carbocycles. The summed E-state index contributed by atoms with van der Waals surface area (Å²) in [5.41, 5.74) is -0.737. The average molecular weight is 210 g/mol. The molecule has 0 aliphatic rings. The van der Waals surface area contributed by atoms with E-state index >= 15 is 0 Å². The fourth-order valence-electron chi connectivity index (χ4n) is 1.07. The fraction of sp³-hybridized carbons (Fsp3) is 0.100. The van der Waals surface area contributed by atoms with Crippen LogP contribution in [0.1, 0.15) is 0 Å². The van der Waals surface area contributed by atoms with Gasteiger partial charge in [-0.15, -0.1) is 0 Å².